The van der Waals surface area contributed by atoms with Crippen molar-refractivity contribution in [3.8, 4) is 0 Å². The highest BCUT2D eigenvalue weighted by atomic mass is 35.5. The zero-order valence-corrected chi connectivity index (χ0v) is 18.4. The molecular weight excluding hydrogens is 394 g/mol. The number of imide groups is 1. The fourth-order valence-corrected chi connectivity index (χ4v) is 3.12. The third-order valence-corrected chi connectivity index (χ3v) is 5.08. The van der Waals surface area contributed by atoms with Gasteiger partial charge in [-0.25, -0.2) is 9.59 Å². The van der Waals surface area contributed by atoms with Gasteiger partial charge in [-0.2, -0.15) is 0 Å². The maximum absolute atomic E-state index is 12.5. The molecule has 0 unspecified atom stereocenters. The van der Waals surface area contributed by atoms with E-state index >= 15 is 0 Å². The lowest BCUT2D eigenvalue weighted by Gasteiger charge is -2.37. The Morgan fingerprint density at radius 2 is 1.72 bits per heavy atom. The number of benzene rings is 1. The number of aryl methyl sites for hydroxylation is 1. The standard InChI is InChI=1S/C20H30ClN5O3/c1-13-6-7-15(12-16(13)21)22-19(29)26-10-8-25(9-11-26)14(2)17(27)23-18(28)24-20(3,4)5/h6-7,12,14H,8-11H2,1-5H3,(H,22,29)(H2,23,24,27,28)/t14-/m1/s1. The molecule has 1 aromatic rings. The van der Waals surface area contributed by atoms with Crippen molar-refractivity contribution in [2.75, 3.05) is 31.5 Å². The first kappa shape index (κ1) is 23.0. The van der Waals surface area contributed by atoms with Gasteiger partial charge in [0.15, 0.2) is 0 Å². The van der Waals surface area contributed by atoms with Crippen molar-refractivity contribution < 1.29 is 14.4 Å². The lowest BCUT2D eigenvalue weighted by Crippen LogP contribution is -2.57. The summed E-state index contributed by atoms with van der Waals surface area (Å²) in [7, 11) is 0. The van der Waals surface area contributed by atoms with Gasteiger partial charge in [0.2, 0.25) is 5.91 Å². The highest BCUT2D eigenvalue weighted by Crippen LogP contribution is 2.20. The number of carbonyl (C=O) groups is 3. The highest BCUT2D eigenvalue weighted by Gasteiger charge is 2.28. The topological polar surface area (TPSA) is 93.8 Å². The zero-order chi connectivity index (χ0) is 21.8. The number of piperazine rings is 1. The summed E-state index contributed by atoms with van der Waals surface area (Å²) < 4.78 is 0. The molecule has 1 atom stereocenters. The van der Waals surface area contributed by atoms with Crippen LogP contribution in [0.15, 0.2) is 18.2 Å². The van der Waals surface area contributed by atoms with Crippen LogP contribution in [0.1, 0.15) is 33.3 Å². The van der Waals surface area contributed by atoms with E-state index in [0.29, 0.717) is 36.9 Å². The summed E-state index contributed by atoms with van der Waals surface area (Å²) in [6.07, 6.45) is 0. The first-order chi connectivity index (χ1) is 13.5. The van der Waals surface area contributed by atoms with Crippen LogP contribution in [-0.2, 0) is 4.79 Å². The fraction of sp³-hybridized carbons (Fsp3) is 0.550. The van der Waals surface area contributed by atoms with Crippen molar-refractivity contribution in [2.45, 2.75) is 46.2 Å². The maximum atomic E-state index is 12.5. The van der Waals surface area contributed by atoms with Gasteiger partial charge < -0.3 is 15.5 Å². The van der Waals surface area contributed by atoms with Crippen molar-refractivity contribution >= 4 is 35.3 Å². The quantitative estimate of drug-likeness (QED) is 0.696. The Hall–Kier alpha value is -2.32. The van der Waals surface area contributed by atoms with Gasteiger partial charge in [0.25, 0.3) is 0 Å². The summed E-state index contributed by atoms with van der Waals surface area (Å²) in [5.41, 5.74) is 1.17. The molecule has 0 aromatic heterocycles. The van der Waals surface area contributed by atoms with Crippen LogP contribution in [0.4, 0.5) is 15.3 Å². The Morgan fingerprint density at radius 1 is 1.10 bits per heavy atom. The van der Waals surface area contributed by atoms with Crippen LogP contribution in [0.3, 0.4) is 0 Å². The number of amides is 5. The summed E-state index contributed by atoms with van der Waals surface area (Å²) in [5, 5.41) is 8.52. The van der Waals surface area contributed by atoms with Crippen molar-refractivity contribution in [1.29, 1.82) is 0 Å². The maximum Gasteiger partial charge on any atom is 0.321 e. The van der Waals surface area contributed by atoms with E-state index in [1.165, 1.54) is 0 Å². The molecule has 8 nitrogen and oxygen atoms in total. The average molecular weight is 424 g/mol. The summed E-state index contributed by atoms with van der Waals surface area (Å²) >= 11 is 6.10. The van der Waals surface area contributed by atoms with E-state index < -0.39 is 17.6 Å². The van der Waals surface area contributed by atoms with Crippen LogP contribution in [0, 0.1) is 6.92 Å². The van der Waals surface area contributed by atoms with E-state index in [4.69, 9.17) is 11.6 Å². The Balaban J connectivity index is 1.82. The number of hydrogen-bond acceptors (Lipinski definition) is 4. The zero-order valence-electron chi connectivity index (χ0n) is 17.6. The number of rotatable bonds is 3. The van der Waals surface area contributed by atoms with Gasteiger partial charge in [-0.1, -0.05) is 17.7 Å². The van der Waals surface area contributed by atoms with Gasteiger partial charge in [0, 0.05) is 42.4 Å². The van der Waals surface area contributed by atoms with Crippen LogP contribution in [0.2, 0.25) is 5.02 Å². The molecule has 1 fully saturated rings. The second-order valence-electron chi connectivity index (χ2n) is 8.29. The molecule has 0 bridgehead atoms. The van der Waals surface area contributed by atoms with Crippen LogP contribution in [-0.4, -0.2) is 65.5 Å². The molecule has 1 aliphatic heterocycles. The minimum Gasteiger partial charge on any atom is -0.333 e. The summed E-state index contributed by atoms with van der Waals surface area (Å²) in [4.78, 5) is 40.3. The van der Waals surface area contributed by atoms with E-state index in [0.717, 1.165) is 5.56 Å². The first-order valence-electron chi connectivity index (χ1n) is 9.65. The fourth-order valence-electron chi connectivity index (χ4n) is 2.94. The molecule has 0 saturated carbocycles. The van der Waals surface area contributed by atoms with Gasteiger partial charge in [0.1, 0.15) is 0 Å². The molecule has 2 rings (SSSR count). The Kier molecular flexibility index (Phi) is 7.48. The number of urea groups is 2. The predicted octanol–water partition coefficient (Wildman–Crippen LogP) is 2.81. The van der Waals surface area contributed by atoms with Gasteiger partial charge >= 0.3 is 12.1 Å². The Labute approximate surface area is 176 Å². The molecule has 3 N–H and O–H groups in total. The SMILES string of the molecule is Cc1ccc(NC(=O)N2CCN([C@H](C)C(=O)NC(=O)NC(C)(C)C)CC2)cc1Cl. The van der Waals surface area contributed by atoms with Crippen LogP contribution in [0.25, 0.3) is 0 Å². The number of carbonyl (C=O) groups excluding carboxylic acids is 3. The van der Waals surface area contributed by atoms with E-state index in [2.05, 4.69) is 16.0 Å². The molecule has 160 valence electrons. The second kappa shape index (κ2) is 9.45. The summed E-state index contributed by atoms with van der Waals surface area (Å²) in [6.45, 7) is 11.2. The number of hydrogen-bond donors (Lipinski definition) is 3. The predicted molar refractivity (Wildman–Crippen MR) is 114 cm³/mol. The molecule has 1 saturated heterocycles. The van der Waals surface area contributed by atoms with Crippen LogP contribution >= 0.6 is 11.6 Å². The molecule has 0 aliphatic carbocycles. The van der Waals surface area contributed by atoms with Crippen molar-refractivity contribution in [3.63, 3.8) is 0 Å². The monoisotopic (exact) mass is 423 g/mol. The smallest absolute Gasteiger partial charge is 0.321 e. The Morgan fingerprint density at radius 3 is 2.28 bits per heavy atom. The number of nitrogens with zero attached hydrogens (tertiary/aromatic N) is 2. The van der Waals surface area contributed by atoms with Crippen molar-refractivity contribution in [3.05, 3.63) is 28.8 Å². The molecule has 29 heavy (non-hydrogen) atoms. The van der Waals surface area contributed by atoms with Crippen molar-refractivity contribution in [1.82, 2.24) is 20.4 Å². The van der Waals surface area contributed by atoms with Crippen LogP contribution < -0.4 is 16.0 Å². The molecule has 1 heterocycles. The lowest BCUT2D eigenvalue weighted by molar-refractivity contribution is -0.125. The van der Waals surface area contributed by atoms with E-state index in [-0.39, 0.29) is 11.9 Å². The minimum atomic E-state index is -0.510. The normalized spacial score (nSPS) is 16.1. The van der Waals surface area contributed by atoms with Crippen molar-refractivity contribution in [2.24, 2.45) is 0 Å². The van der Waals surface area contributed by atoms with Crippen LogP contribution in [0.5, 0.6) is 0 Å². The molecule has 0 radical (unpaired) electrons. The summed E-state index contributed by atoms with van der Waals surface area (Å²) in [5.74, 6) is -0.362. The molecule has 5 amide bonds. The molecule has 9 heteroatoms. The number of anilines is 1. The van der Waals surface area contributed by atoms with Gasteiger partial charge in [-0.3, -0.25) is 15.0 Å². The van der Waals surface area contributed by atoms with E-state index in [9.17, 15) is 14.4 Å². The highest BCUT2D eigenvalue weighted by molar-refractivity contribution is 6.31. The third-order valence-electron chi connectivity index (χ3n) is 4.68. The van der Waals surface area contributed by atoms with Gasteiger partial charge in [-0.05, 0) is 52.3 Å². The minimum absolute atomic E-state index is 0.203. The second-order valence-corrected chi connectivity index (χ2v) is 8.69. The third kappa shape index (κ3) is 6.90. The number of nitrogens with one attached hydrogen (secondary N) is 3. The largest absolute Gasteiger partial charge is 0.333 e. The summed E-state index contributed by atoms with van der Waals surface area (Å²) in [6, 6.07) is 4.20. The van der Waals surface area contributed by atoms with E-state index in [1.54, 1.807) is 17.9 Å². The molecule has 0 spiro atoms. The first-order valence-corrected chi connectivity index (χ1v) is 10.0. The molecular formula is C20H30ClN5O3. The van der Waals surface area contributed by atoms with E-state index in [1.807, 2.05) is 44.7 Å². The Bertz CT molecular complexity index is 770. The molecule has 1 aliphatic rings. The molecule has 1 aromatic carbocycles. The van der Waals surface area contributed by atoms with Gasteiger partial charge in [-0.15, -0.1) is 0 Å². The average Bonchev–Trinajstić information content (AvgIpc) is 2.62. The van der Waals surface area contributed by atoms with Gasteiger partial charge in [0.05, 0.1) is 6.04 Å². The lowest BCUT2D eigenvalue weighted by atomic mass is 10.1. The number of halogens is 1.